The van der Waals surface area contributed by atoms with Crippen molar-refractivity contribution in [3.8, 4) is 0 Å². The molecule has 0 saturated carbocycles. The monoisotopic (exact) mass is 242 g/mol. The Kier molecular flexibility index (Phi) is 3.60. The van der Waals surface area contributed by atoms with Gasteiger partial charge in [-0.2, -0.15) is 13.2 Å². The molecule has 0 bridgehead atoms. The Bertz CT molecular complexity index is 329. The Balaban J connectivity index is 3.07. The molecule has 0 radical (unpaired) electrons. The van der Waals surface area contributed by atoms with Crippen LogP contribution in [-0.2, 0) is 6.18 Å². The third-order valence-electron chi connectivity index (χ3n) is 1.26. The van der Waals surface area contributed by atoms with E-state index in [-0.39, 0.29) is 10.3 Å². The molecule has 1 rings (SSSR count). The minimum atomic E-state index is -4.48. The lowest BCUT2D eigenvalue weighted by Crippen LogP contribution is -2.09. The first-order valence-electron chi connectivity index (χ1n) is 3.68. The zero-order chi connectivity index (χ0) is 10.8. The number of halogens is 4. The summed E-state index contributed by atoms with van der Waals surface area (Å²) < 4.78 is 36.7. The predicted molar refractivity (Wildman–Crippen MR) is 48.4 cm³/mol. The Labute approximate surface area is 87.9 Å². The molecule has 0 unspecified atom stereocenters. The van der Waals surface area contributed by atoms with Gasteiger partial charge in [0.25, 0.3) is 0 Å². The number of hydrogen-bond acceptors (Lipinski definition) is 3. The van der Waals surface area contributed by atoms with Crippen LogP contribution in [0.15, 0.2) is 11.1 Å². The highest BCUT2D eigenvalue weighted by molar-refractivity contribution is 7.99. The lowest BCUT2D eigenvalue weighted by atomic mass is 10.4. The van der Waals surface area contributed by atoms with Gasteiger partial charge in [0.2, 0.25) is 5.28 Å². The number of hydrogen-bond donors (Lipinski definition) is 0. The van der Waals surface area contributed by atoms with Crippen LogP contribution in [-0.4, -0.2) is 15.7 Å². The van der Waals surface area contributed by atoms with Gasteiger partial charge in [0, 0.05) is 6.07 Å². The SMILES string of the molecule is CCSc1cc(C(F)(F)F)nc(Cl)n1. The molecule has 0 saturated heterocycles. The van der Waals surface area contributed by atoms with Crippen molar-refractivity contribution in [2.24, 2.45) is 0 Å². The summed E-state index contributed by atoms with van der Waals surface area (Å²) in [7, 11) is 0. The number of thioether (sulfide) groups is 1. The minimum Gasteiger partial charge on any atom is -0.213 e. The summed E-state index contributed by atoms with van der Waals surface area (Å²) in [5, 5.41) is -0.143. The van der Waals surface area contributed by atoms with Gasteiger partial charge in [0.1, 0.15) is 5.03 Å². The Hall–Kier alpha value is -0.490. The number of rotatable bonds is 2. The smallest absolute Gasteiger partial charge is 0.213 e. The molecule has 1 aromatic rings. The number of alkyl halides is 3. The zero-order valence-electron chi connectivity index (χ0n) is 7.10. The van der Waals surface area contributed by atoms with E-state index in [0.717, 1.165) is 6.07 Å². The van der Waals surface area contributed by atoms with E-state index in [1.165, 1.54) is 11.8 Å². The van der Waals surface area contributed by atoms with E-state index in [0.29, 0.717) is 5.75 Å². The highest BCUT2D eigenvalue weighted by Gasteiger charge is 2.33. The summed E-state index contributed by atoms with van der Waals surface area (Å²) in [5.74, 6) is 0.630. The van der Waals surface area contributed by atoms with Gasteiger partial charge in [0.05, 0.1) is 0 Å². The quantitative estimate of drug-likeness (QED) is 0.452. The highest BCUT2D eigenvalue weighted by Crippen LogP contribution is 2.30. The number of nitrogens with zero attached hydrogens (tertiary/aromatic N) is 2. The first-order chi connectivity index (χ1) is 6.43. The summed E-state index contributed by atoms with van der Waals surface area (Å²) in [6, 6.07) is 0.889. The third kappa shape index (κ3) is 3.02. The van der Waals surface area contributed by atoms with Crippen LogP contribution in [0.25, 0.3) is 0 Å². The lowest BCUT2D eigenvalue weighted by molar-refractivity contribution is -0.141. The van der Waals surface area contributed by atoms with Gasteiger partial charge in [-0.25, -0.2) is 9.97 Å². The molecule has 0 aliphatic heterocycles. The van der Waals surface area contributed by atoms with Gasteiger partial charge >= 0.3 is 6.18 Å². The molecule has 78 valence electrons. The normalized spacial score (nSPS) is 11.8. The van der Waals surface area contributed by atoms with Gasteiger partial charge in [-0.1, -0.05) is 6.92 Å². The van der Waals surface area contributed by atoms with Crippen LogP contribution < -0.4 is 0 Å². The molecule has 14 heavy (non-hydrogen) atoms. The average Bonchev–Trinajstić information content (AvgIpc) is 2.02. The van der Waals surface area contributed by atoms with E-state index in [1.807, 2.05) is 6.92 Å². The zero-order valence-corrected chi connectivity index (χ0v) is 8.67. The molecular weight excluding hydrogens is 237 g/mol. The van der Waals surface area contributed by atoms with Crippen molar-refractivity contribution in [2.45, 2.75) is 18.1 Å². The van der Waals surface area contributed by atoms with Gasteiger partial charge in [-0.05, 0) is 17.4 Å². The van der Waals surface area contributed by atoms with Gasteiger partial charge in [0.15, 0.2) is 5.69 Å². The van der Waals surface area contributed by atoms with E-state index in [2.05, 4.69) is 9.97 Å². The number of aromatic nitrogens is 2. The van der Waals surface area contributed by atoms with Gasteiger partial charge < -0.3 is 0 Å². The van der Waals surface area contributed by atoms with E-state index in [1.54, 1.807) is 0 Å². The summed E-state index contributed by atoms with van der Waals surface area (Å²) in [4.78, 5) is 6.76. The van der Waals surface area contributed by atoms with Crippen molar-refractivity contribution in [1.82, 2.24) is 9.97 Å². The fraction of sp³-hybridized carbons (Fsp3) is 0.429. The van der Waals surface area contributed by atoms with Gasteiger partial charge in [-0.3, -0.25) is 0 Å². The second-order valence-electron chi connectivity index (χ2n) is 2.29. The fourth-order valence-corrected chi connectivity index (χ4v) is 1.64. The standard InChI is InChI=1S/C7H6ClF3N2S/c1-2-14-5-3-4(7(9,10)11)12-6(8)13-5/h3H,2H2,1H3. The molecule has 0 N–H and O–H groups in total. The van der Waals surface area contributed by atoms with E-state index < -0.39 is 11.9 Å². The van der Waals surface area contributed by atoms with Crippen LogP contribution in [0.2, 0.25) is 5.28 Å². The van der Waals surface area contributed by atoms with E-state index >= 15 is 0 Å². The summed E-state index contributed by atoms with van der Waals surface area (Å²) in [6.45, 7) is 1.81. The van der Waals surface area contributed by atoms with Crippen LogP contribution >= 0.6 is 23.4 Å². The Morgan fingerprint density at radius 3 is 2.57 bits per heavy atom. The summed E-state index contributed by atoms with van der Waals surface area (Å²) in [5.41, 5.74) is -1.01. The van der Waals surface area contributed by atoms with Crippen LogP contribution in [0.5, 0.6) is 0 Å². The second-order valence-corrected chi connectivity index (χ2v) is 3.91. The molecule has 0 spiro atoms. The predicted octanol–water partition coefficient (Wildman–Crippen LogP) is 3.26. The molecule has 0 amide bonds. The van der Waals surface area contributed by atoms with Crippen molar-refractivity contribution in [3.05, 3.63) is 17.0 Å². The van der Waals surface area contributed by atoms with Gasteiger partial charge in [-0.15, -0.1) is 11.8 Å². The van der Waals surface area contributed by atoms with Crippen molar-refractivity contribution >= 4 is 23.4 Å². The van der Waals surface area contributed by atoms with Crippen LogP contribution in [0.1, 0.15) is 12.6 Å². The second kappa shape index (κ2) is 4.35. The van der Waals surface area contributed by atoms with Crippen molar-refractivity contribution in [2.75, 3.05) is 5.75 Å². The Morgan fingerprint density at radius 2 is 2.07 bits per heavy atom. The first kappa shape index (κ1) is 11.6. The molecular formula is C7H6ClF3N2S. The molecule has 1 heterocycles. The fourth-order valence-electron chi connectivity index (χ4n) is 0.764. The van der Waals surface area contributed by atoms with Crippen molar-refractivity contribution in [1.29, 1.82) is 0 Å². The summed E-state index contributed by atoms with van der Waals surface area (Å²) in [6.07, 6.45) is -4.48. The van der Waals surface area contributed by atoms with E-state index in [9.17, 15) is 13.2 Å². The molecule has 0 fully saturated rings. The molecule has 7 heteroatoms. The van der Waals surface area contributed by atoms with Crippen molar-refractivity contribution < 1.29 is 13.2 Å². The largest absolute Gasteiger partial charge is 0.433 e. The topological polar surface area (TPSA) is 25.8 Å². The van der Waals surface area contributed by atoms with Crippen molar-refractivity contribution in [3.63, 3.8) is 0 Å². The summed E-state index contributed by atoms with van der Waals surface area (Å²) >= 11 is 6.54. The maximum Gasteiger partial charge on any atom is 0.433 e. The average molecular weight is 243 g/mol. The lowest BCUT2D eigenvalue weighted by Gasteiger charge is -2.06. The third-order valence-corrected chi connectivity index (χ3v) is 2.22. The van der Waals surface area contributed by atoms with Crippen LogP contribution in [0.3, 0.4) is 0 Å². The van der Waals surface area contributed by atoms with Crippen LogP contribution in [0, 0.1) is 0 Å². The molecule has 2 nitrogen and oxygen atoms in total. The first-order valence-corrected chi connectivity index (χ1v) is 5.04. The minimum absolute atomic E-state index is 0.236. The molecule has 1 aromatic heterocycles. The van der Waals surface area contributed by atoms with Crippen LogP contribution in [0.4, 0.5) is 13.2 Å². The molecule has 0 aliphatic carbocycles. The maximum absolute atomic E-state index is 12.2. The highest BCUT2D eigenvalue weighted by atomic mass is 35.5. The molecule has 0 aromatic carbocycles. The van der Waals surface area contributed by atoms with E-state index in [4.69, 9.17) is 11.6 Å². The Morgan fingerprint density at radius 1 is 1.43 bits per heavy atom. The molecule has 0 atom stereocenters. The molecule has 0 aliphatic rings. The maximum atomic E-state index is 12.2.